The summed E-state index contributed by atoms with van der Waals surface area (Å²) < 4.78 is 67.5. The highest BCUT2D eigenvalue weighted by atomic mass is 32.2. The first kappa shape index (κ1) is 30.5. The number of aryl methyl sites for hydroxylation is 2. The molecule has 4 rings (SSSR count). The number of amides is 1. The van der Waals surface area contributed by atoms with Gasteiger partial charge in [0.15, 0.2) is 10.7 Å². The van der Waals surface area contributed by atoms with Gasteiger partial charge in [-0.15, -0.1) is 0 Å². The summed E-state index contributed by atoms with van der Waals surface area (Å²) in [6, 6.07) is 11.8. The molecule has 0 radical (unpaired) electrons. The Bertz CT molecular complexity index is 1600. The topological polar surface area (TPSA) is 159 Å². The van der Waals surface area contributed by atoms with Crippen LogP contribution in [0.15, 0.2) is 62.8 Å². The lowest BCUT2D eigenvalue weighted by atomic mass is 9.99. The minimum absolute atomic E-state index is 0.0200. The number of anilines is 1. The first-order valence-electron chi connectivity index (χ1n) is 13.0. The average Bonchev–Trinajstić information content (AvgIpc) is 3.29. The fourth-order valence-corrected chi connectivity index (χ4v) is 7.28. The lowest BCUT2D eigenvalue weighted by Gasteiger charge is -2.38. The summed E-state index contributed by atoms with van der Waals surface area (Å²) in [7, 11) is -6.45. The van der Waals surface area contributed by atoms with Crippen LogP contribution in [0.3, 0.4) is 0 Å². The third-order valence-corrected chi connectivity index (χ3v) is 10.5. The third-order valence-electron chi connectivity index (χ3n) is 7.04. The van der Waals surface area contributed by atoms with Gasteiger partial charge in [0.05, 0.1) is 29.7 Å². The number of hydrogen-bond acceptors (Lipinski definition) is 9. The van der Waals surface area contributed by atoms with Crippen LogP contribution in [-0.2, 0) is 20.0 Å². The molecule has 41 heavy (non-hydrogen) atoms. The minimum atomic E-state index is -4.09. The largest absolute Gasteiger partial charge is 0.488 e. The van der Waals surface area contributed by atoms with Gasteiger partial charge in [0.25, 0.3) is 15.9 Å². The number of hydrogen-bond donors (Lipinski definition) is 2. The summed E-state index contributed by atoms with van der Waals surface area (Å²) >= 11 is 0. The van der Waals surface area contributed by atoms with Gasteiger partial charge in [-0.3, -0.25) is 9.52 Å². The fourth-order valence-electron chi connectivity index (χ4n) is 4.69. The summed E-state index contributed by atoms with van der Waals surface area (Å²) in [6.45, 7) is 6.37. The van der Waals surface area contributed by atoms with Gasteiger partial charge in [0.1, 0.15) is 17.5 Å². The Morgan fingerprint density at radius 3 is 2.44 bits per heavy atom. The number of ether oxygens (including phenoxy) is 1. The maximum Gasteiger partial charge on any atom is 0.267 e. The molecule has 2 aromatic carbocycles. The van der Waals surface area contributed by atoms with Crippen LogP contribution in [0.25, 0.3) is 0 Å². The first-order chi connectivity index (χ1) is 19.3. The molecular weight excluding hydrogens is 572 g/mol. The van der Waals surface area contributed by atoms with Crippen molar-refractivity contribution in [1.29, 1.82) is 0 Å². The molecule has 0 unspecified atom stereocenters. The summed E-state index contributed by atoms with van der Waals surface area (Å²) in [5.74, 6) is -0.509. The number of likely N-dealkylation sites (N-methyl/N-ethyl adjacent to an activating group) is 1. The van der Waals surface area contributed by atoms with Gasteiger partial charge in [-0.05, 0) is 51.1 Å². The number of aliphatic hydroxyl groups excluding tert-OH is 1. The number of benzene rings is 2. The maximum atomic E-state index is 13.7. The zero-order valence-electron chi connectivity index (χ0n) is 23.4. The molecule has 1 aromatic heterocycles. The molecule has 0 saturated heterocycles. The quantitative estimate of drug-likeness (QED) is 0.373. The molecule has 0 bridgehead atoms. The van der Waals surface area contributed by atoms with Crippen LogP contribution in [0.2, 0.25) is 0 Å². The molecule has 2 heterocycles. The van der Waals surface area contributed by atoms with Crippen LogP contribution in [0.5, 0.6) is 5.75 Å². The predicted octanol–water partition coefficient (Wildman–Crippen LogP) is 2.63. The molecule has 0 saturated carbocycles. The Morgan fingerprint density at radius 1 is 1.15 bits per heavy atom. The van der Waals surface area contributed by atoms with Crippen molar-refractivity contribution in [3.8, 4) is 5.75 Å². The second-order valence-corrected chi connectivity index (χ2v) is 13.9. The van der Waals surface area contributed by atoms with Gasteiger partial charge in [0, 0.05) is 25.2 Å². The molecule has 12 nitrogen and oxygen atoms in total. The minimum Gasteiger partial charge on any atom is -0.488 e. The number of aliphatic hydroxyl groups is 1. The zero-order chi connectivity index (χ0) is 30.1. The highest BCUT2D eigenvalue weighted by Crippen LogP contribution is 2.32. The van der Waals surface area contributed by atoms with Crippen molar-refractivity contribution in [2.75, 3.05) is 31.5 Å². The van der Waals surface area contributed by atoms with E-state index < -0.39 is 38.1 Å². The number of rotatable bonds is 9. The van der Waals surface area contributed by atoms with Gasteiger partial charge >= 0.3 is 0 Å². The van der Waals surface area contributed by atoms with Crippen LogP contribution < -0.4 is 9.46 Å². The van der Waals surface area contributed by atoms with Gasteiger partial charge in [-0.1, -0.05) is 30.3 Å². The molecule has 0 spiro atoms. The molecule has 3 aromatic rings. The monoisotopic (exact) mass is 606 g/mol. The number of nitrogens with one attached hydrogen (secondary N) is 1. The SMILES string of the molecule is Cc1noc(C)c1S(=O)(=O)Nc1ccc2c(c1)C(=O)N([C@H](C)CO)C[C@@H](C)[C@@H](CN(C)S(=O)(=O)c1ccccc1)O2. The Balaban J connectivity index is 1.70. The van der Waals surface area contributed by atoms with Crippen LogP contribution in [0, 0.1) is 19.8 Å². The molecule has 3 atom stereocenters. The Labute approximate surface area is 240 Å². The summed E-state index contributed by atoms with van der Waals surface area (Å²) in [4.78, 5) is 15.2. The Morgan fingerprint density at radius 2 is 1.83 bits per heavy atom. The standard InChI is InChI=1S/C27H34N4O8S2/c1-17-14-31(18(2)16-32)27(33)23-13-21(29-40(34,35)26-19(3)28-39-20(26)4)11-12-24(23)38-25(17)15-30(5)41(36,37)22-9-7-6-8-10-22/h6-13,17-18,25,29,32H,14-16H2,1-5H3/t17-,18-,25-/m1/s1. The van der Waals surface area contributed by atoms with Gasteiger partial charge in [-0.25, -0.2) is 16.8 Å². The Kier molecular flexibility index (Phi) is 8.78. The number of carbonyl (C=O) groups is 1. The molecule has 0 aliphatic carbocycles. The van der Waals surface area contributed by atoms with E-state index in [1.54, 1.807) is 25.1 Å². The number of nitrogens with zero attached hydrogens (tertiary/aromatic N) is 3. The third kappa shape index (κ3) is 6.25. The number of aromatic nitrogens is 1. The number of carbonyl (C=O) groups excluding carboxylic acids is 1. The summed E-state index contributed by atoms with van der Waals surface area (Å²) in [5, 5.41) is 13.6. The van der Waals surface area contributed by atoms with Crippen LogP contribution in [-0.4, -0.2) is 81.1 Å². The van der Waals surface area contributed by atoms with Gasteiger partial charge in [-0.2, -0.15) is 4.31 Å². The molecule has 222 valence electrons. The molecular formula is C27H34N4O8S2. The van der Waals surface area contributed by atoms with E-state index in [1.807, 2.05) is 6.92 Å². The molecule has 1 amide bonds. The molecule has 1 aliphatic heterocycles. The molecule has 1 aliphatic rings. The fraction of sp³-hybridized carbons (Fsp3) is 0.407. The van der Waals surface area contributed by atoms with E-state index in [1.165, 1.54) is 60.4 Å². The molecule has 0 fully saturated rings. The van der Waals surface area contributed by atoms with Crippen molar-refractivity contribution in [2.45, 2.75) is 49.6 Å². The van der Waals surface area contributed by atoms with E-state index >= 15 is 0 Å². The van der Waals surface area contributed by atoms with Crippen LogP contribution in [0.4, 0.5) is 5.69 Å². The normalized spacial score (nSPS) is 18.8. The van der Waals surface area contributed by atoms with Gasteiger partial charge in [0.2, 0.25) is 10.0 Å². The van der Waals surface area contributed by atoms with Crippen LogP contribution >= 0.6 is 0 Å². The number of fused-ring (bicyclic) bond motifs is 1. The van der Waals surface area contributed by atoms with E-state index in [4.69, 9.17) is 9.26 Å². The van der Waals surface area contributed by atoms with E-state index in [-0.39, 0.29) is 63.9 Å². The zero-order valence-corrected chi connectivity index (χ0v) is 25.1. The van der Waals surface area contributed by atoms with Crippen molar-refractivity contribution in [3.05, 3.63) is 65.5 Å². The van der Waals surface area contributed by atoms with Crippen molar-refractivity contribution >= 4 is 31.6 Å². The second kappa shape index (κ2) is 11.8. The lowest BCUT2D eigenvalue weighted by Crippen LogP contribution is -2.50. The van der Waals surface area contributed by atoms with E-state index in [0.717, 1.165) is 0 Å². The van der Waals surface area contributed by atoms with Crippen molar-refractivity contribution < 1.29 is 36.0 Å². The van der Waals surface area contributed by atoms with Crippen molar-refractivity contribution in [1.82, 2.24) is 14.4 Å². The molecule has 2 N–H and O–H groups in total. The van der Waals surface area contributed by atoms with E-state index in [2.05, 4.69) is 9.88 Å². The average molecular weight is 607 g/mol. The highest BCUT2D eigenvalue weighted by Gasteiger charge is 2.35. The predicted molar refractivity (Wildman–Crippen MR) is 151 cm³/mol. The summed E-state index contributed by atoms with van der Waals surface area (Å²) in [6.07, 6.45) is -0.677. The molecule has 14 heteroatoms. The Hall–Kier alpha value is -3.46. The van der Waals surface area contributed by atoms with Crippen molar-refractivity contribution in [3.63, 3.8) is 0 Å². The number of sulfonamides is 2. The lowest BCUT2D eigenvalue weighted by molar-refractivity contribution is 0.0387. The van der Waals surface area contributed by atoms with E-state index in [9.17, 15) is 26.7 Å². The second-order valence-electron chi connectivity index (χ2n) is 10.2. The highest BCUT2D eigenvalue weighted by molar-refractivity contribution is 7.92. The first-order valence-corrected chi connectivity index (χ1v) is 15.9. The van der Waals surface area contributed by atoms with Gasteiger partial charge < -0.3 is 19.3 Å². The smallest absolute Gasteiger partial charge is 0.267 e. The van der Waals surface area contributed by atoms with Crippen LogP contribution in [0.1, 0.15) is 35.7 Å². The maximum absolute atomic E-state index is 13.7. The summed E-state index contributed by atoms with van der Waals surface area (Å²) in [5.41, 5.74) is 0.357. The van der Waals surface area contributed by atoms with Crippen molar-refractivity contribution in [2.24, 2.45) is 5.92 Å². The van der Waals surface area contributed by atoms with E-state index in [0.29, 0.717) is 0 Å².